The third-order valence-electron chi connectivity index (χ3n) is 5.61. The Hall–Kier alpha value is -3.97. The number of fused-ring (bicyclic) bond motifs is 1. The molecule has 4 heterocycles. The van der Waals surface area contributed by atoms with Gasteiger partial charge in [0.15, 0.2) is 5.89 Å². The highest BCUT2D eigenvalue weighted by Gasteiger charge is 2.26. The quantitative estimate of drug-likeness (QED) is 0.461. The number of nitrogens with zero attached hydrogens (tertiary/aromatic N) is 6. The molecule has 5 rings (SSSR count). The minimum absolute atomic E-state index is 0.0643. The molecule has 1 amide bonds. The molecule has 1 saturated heterocycles. The lowest BCUT2D eigenvalue weighted by Gasteiger charge is -2.34. The van der Waals surface area contributed by atoms with Crippen molar-refractivity contribution < 1.29 is 9.21 Å². The van der Waals surface area contributed by atoms with Gasteiger partial charge in [0, 0.05) is 38.0 Å². The van der Waals surface area contributed by atoms with E-state index < -0.39 is 0 Å². The van der Waals surface area contributed by atoms with Crippen molar-refractivity contribution in [2.45, 2.75) is 13.5 Å². The Bertz CT molecular complexity index is 1420. The molecular weight excluding hydrogens is 440 g/mol. The van der Waals surface area contributed by atoms with Crippen molar-refractivity contribution in [3.63, 3.8) is 0 Å². The molecule has 0 radical (unpaired) electrons. The minimum atomic E-state index is -0.213. The van der Waals surface area contributed by atoms with E-state index in [0.29, 0.717) is 48.2 Å². The number of oxazole rings is 1. The van der Waals surface area contributed by atoms with Crippen molar-refractivity contribution in [3.8, 4) is 16.5 Å². The van der Waals surface area contributed by atoms with Crippen LogP contribution in [0.4, 0.5) is 5.88 Å². The molecule has 0 N–H and O–H groups in total. The van der Waals surface area contributed by atoms with E-state index >= 15 is 0 Å². The number of rotatable bonds is 4. The molecule has 1 aromatic carbocycles. The van der Waals surface area contributed by atoms with Crippen LogP contribution in [0.2, 0.25) is 0 Å². The lowest BCUT2D eigenvalue weighted by Crippen LogP contribution is -2.50. The zero-order valence-electron chi connectivity index (χ0n) is 17.9. The highest BCUT2D eigenvalue weighted by molar-refractivity contribution is 7.22. The summed E-state index contributed by atoms with van der Waals surface area (Å²) in [5, 5.41) is 9.23. The molecule has 0 spiro atoms. The molecule has 4 aromatic rings. The molecule has 9 nitrogen and oxygen atoms in total. The zero-order valence-corrected chi connectivity index (χ0v) is 18.7. The second-order valence-electron chi connectivity index (χ2n) is 7.73. The van der Waals surface area contributed by atoms with Gasteiger partial charge in [-0.1, -0.05) is 30.3 Å². The van der Waals surface area contributed by atoms with Gasteiger partial charge in [0.25, 0.3) is 5.56 Å². The van der Waals surface area contributed by atoms with Gasteiger partial charge in [-0.05, 0) is 11.6 Å². The maximum Gasteiger partial charge on any atom is 0.271 e. The number of benzene rings is 1. The van der Waals surface area contributed by atoms with Crippen LogP contribution in [0.15, 0.2) is 51.9 Å². The Morgan fingerprint density at radius 1 is 1.21 bits per heavy atom. The molecule has 166 valence electrons. The number of anilines is 1. The molecule has 0 atom stereocenters. The number of hydrogen-bond donors (Lipinski definition) is 0. The van der Waals surface area contributed by atoms with Crippen LogP contribution in [0.1, 0.15) is 11.6 Å². The van der Waals surface area contributed by atoms with Crippen molar-refractivity contribution in [2.24, 2.45) is 0 Å². The number of carbonyl (C=O) groups is 1. The zero-order chi connectivity index (χ0) is 22.9. The van der Waals surface area contributed by atoms with E-state index in [4.69, 9.17) is 4.42 Å². The molecule has 33 heavy (non-hydrogen) atoms. The molecule has 1 fully saturated rings. The molecule has 3 aromatic heterocycles. The summed E-state index contributed by atoms with van der Waals surface area (Å²) in [6, 6.07) is 13.8. The first kappa shape index (κ1) is 20.9. The molecule has 0 unspecified atom stereocenters. The SMILES string of the molecule is Cc1nc(C#N)c(N2CCN(C(=O)Cn3cnc4cc(-c5ccccc5)sc4c3=O)CC2)o1. The number of hydrogen-bond acceptors (Lipinski definition) is 8. The fourth-order valence-electron chi connectivity index (χ4n) is 3.91. The highest BCUT2D eigenvalue weighted by Crippen LogP contribution is 2.30. The Kier molecular flexibility index (Phi) is 5.40. The lowest BCUT2D eigenvalue weighted by molar-refractivity contribution is -0.132. The van der Waals surface area contributed by atoms with Gasteiger partial charge in [0.05, 0.1) is 11.8 Å². The van der Waals surface area contributed by atoms with Crippen molar-refractivity contribution in [2.75, 3.05) is 31.1 Å². The number of thiophene rings is 1. The van der Waals surface area contributed by atoms with E-state index in [9.17, 15) is 14.9 Å². The minimum Gasteiger partial charge on any atom is -0.424 e. The molecule has 1 aliphatic heterocycles. The number of aromatic nitrogens is 3. The summed E-state index contributed by atoms with van der Waals surface area (Å²) in [4.78, 5) is 39.0. The number of nitriles is 1. The first-order valence-electron chi connectivity index (χ1n) is 10.5. The van der Waals surface area contributed by atoms with E-state index in [1.807, 2.05) is 47.4 Å². The second kappa shape index (κ2) is 8.52. The van der Waals surface area contributed by atoms with E-state index in [1.165, 1.54) is 22.2 Å². The third-order valence-corrected chi connectivity index (χ3v) is 6.77. The fraction of sp³-hybridized carbons (Fsp3) is 0.261. The Morgan fingerprint density at radius 3 is 2.70 bits per heavy atom. The Balaban J connectivity index is 1.29. The van der Waals surface area contributed by atoms with E-state index in [2.05, 4.69) is 9.97 Å². The van der Waals surface area contributed by atoms with Gasteiger partial charge < -0.3 is 14.2 Å². The van der Waals surface area contributed by atoms with Gasteiger partial charge in [-0.15, -0.1) is 11.3 Å². The second-order valence-corrected chi connectivity index (χ2v) is 8.79. The van der Waals surface area contributed by atoms with Gasteiger partial charge in [-0.3, -0.25) is 14.2 Å². The summed E-state index contributed by atoms with van der Waals surface area (Å²) in [5.41, 5.74) is 1.71. The summed E-state index contributed by atoms with van der Waals surface area (Å²) in [5.74, 6) is 0.734. The maximum atomic E-state index is 13.0. The molecular formula is C23H20N6O3S. The van der Waals surface area contributed by atoms with E-state index in [-0.39, 0.29) is 23.7 Å². The summed E-state index contributed by atoms with van der Waals surface area (Å²) in [6.07, 6.45) is 1.44. The molecule has 1 aliphatic rings. The number of piperazine rings is 1. The van der Waals surface area contributed by atoms with Crippen molar-refractivity contribution >= 4 is 33.3 Å². The van der Waals surface area contributed by atoms with E-state index in [1.54, 1.807) is 11.8 Å². The van der Waals surface area contributed by atoms with Crippen LogP contribution >= 0.6 is 11.3 Å². The van der Waals surface area contributed by atoms with Gasteiger partial charge in [-0.25, -0.2) is 9.97 Å². The van der Waals surface area contributed by atoms with Gasteiger partial charge in [0.2, 0.25) is 17.5 Å². The normalized spacial score (nSPS) is 13.9. The largest absolute Gasteiger partial charge is 0.424 e. The van der Waals surface area contributed by atoms with Crippen LogP contribution in [-0.4, -0.2) is 51.5 Å². The average Bonchev–Trinajstić information content (AvgIpc) is 3.45. The van der Waals surface area contributed by atoms with Crippen molar-refractivity contribution in [1.29, 1.82) is 5.26 Å². The first-order chi connectivity index (χ1) is 16.0. The number of amides is 1. The predicted molar refractivity (Wildman–Crippen MR) is 124 cm³/mol. The van der Waals surface area contributed by atoms with Crippen LogP contribution in [0.5, 0.6) is 0 Å². The van der Waals surface area contributed by atoms with Gasteiger partial charge >= 0.3 is 0 Å². The summed E-state index contributed by atoms with van der Waals surface area (Å²) >= 11 is 1.39. The number of aryl methyl sites for hydroxylation is 1. The fourth-order valence-corrected chi connectivity index (χ4v) is 4.98. The van der Waals surface area contributed by atoms with Crippen LogP contribution in [0.25, 0.3) is 20.7 Å². The van der Waals surface area contributed by atoms with Crippen LogP contribution in [0, 0.1) is 18.3 Å². The van der Waals surface area contributed by atoms with Gasteiger partial charge in [-0.2, -0.15) is 5.26 Å². The van der Waals surface area contributed by atoms with E-state index in [0.717, 1.165) is 10.4 Å². The standard InChI is InChI=1S/C23H20N6O3S/c1-15-26-18(12-24)23(32-15)28-9-7-27(8-10-28)20(30)13-29-14-25-17-11-19(33-21(17)22(29)31)16-5-3-2-4-6-16/h2-6,11,14H,7-10,13H2,1H3. The Morgan fingerprint density at radius 2 is 1.97 bits per heavy atom. The van der Waals surface area contributed by atoms with Crippen LogP contribution < -0.4 is 10.5 Å². The smallest absolute Gasteiger partial charge is 0.271 e. The molecule has 0 saturated carbocycles. The Labute approximate surface area is 193 Å². The highest BCUT2D eigenvalue weighted by atomic mass is 32.1. The van der Waals surface area contributed by atoms with Crippen molar-refractivity contribution in [1.82, 2.24) is 19.4 Å². The third kappa shape index (κ3) is 3.99. The van der Waals surface area contributed by atoms with Crippen molar-refractivity contribution in [3.05, 3.63) is 64.7 Å². The molecule has 10 heteroatoms. The first-order valence-corrected chi connectivity index (χ1v) is 11.3. The van der Waals surface area contributed by atoms with Gasteiger partial charge in [0.1, 0.15) is 17.3 Å². The topological polar surface area (TPSA) is 108 Å². The molecule has 0 aliphatic carbocycles. The lowest BCUT2D eigenvalue weighted by atomic mass is 10.2. The maximum absolute atomic E-state index is 13.0. The average molecular weight is 461 g/mol. The van der Waals surface area contributed by atoms with Crippen LogP contribution in [-0.2, 0) is 11.3 Å². The summed E-state index contributed by atoms with van der Waals surface area (Å²) < 4.78 is 7.47. The predicted octanol–water partition coefficient (Wildman–Crippen LogP) is 2.64. The summed E-state index contributed by atoms with van der Waals surface area (Å²) in [6.45, 7) is 3.60. The van der Waals surface area contributed by atoms with Crippen LogP contribution in [0.3, 0.4) is 0 Å². The summed E-state index contributed by atoms with van der Waals surface area (Å²) in [7, 11) is 0. The monoisotopic (exact) mass is 460 g/mol. The molecule has 0 bridgehead atoms. The number of carbonyl (C=O) groups excluding carboxylic acids is 1.